The highest BCUT2D eigenvalue weighted by Gasteiger charge is 2.25. The van der Waals surface area contributed by atoms with Crippen LogP contribution in [0.2, 0.25) is 5.02 Å². The van der Waals surface area contributed by atoms with E-state index >= 15 is 0 Å². The second-order valence-electron chi connectivity index (χ2n) is 5.48. The minimum absolute atomic E-state index is 0.00972. The summed E-state index contributed by atoms with van der Waals surface area (Å²) in [6.45, 7) is 5.75. The SMILES string of the molecule is CCOC(=O)N1CC[NH+](CC(=O)NCc2ccccc2Cl)CC1. The molecular weight excluding hydrogens is 318 g/mol. The maximum atomic E-state index is 12.0. The Morgan fingerprint density at radius 2 is 2.00 bits per heavy atom. The van der Waals surface area contributed by atoms with E-state index in [9.17, 15) is 9.59 Å². The number of carbonyl (C=O) groups is 2. The summed E-state index contributed by atoms with van der Waals surface area (Å²) in [5, 5.41) is 3.55. The van der Waals surface area contributed by atoms with Gasteiger partial charge < -0.3 is 15.0 Å². The topological polar surface area (TPSA) is 63.1 Å². The summed E-state index contributed by atoms with van der Waals surface area (Å²) in [6.07, 6.45) is -0.269. The van der Waals surface area contributed by atoms with E-state index in [-0.39, 0.29) is 12.0 Å². The Bertz CT molecular complexity index is 545. The van der Waals surface area contributed by atoms with Crippen LogP contribution in [0.3, 0.4) is 0 Å². The third-order valence-electron chi connectivity index (χ3n) is 3.84. The molecule has 0 aliphatic carbocycles. The monoisotopic (exact) mass is 340 g/mol. The number of nitrogens with zero attached hydrogens (tertiary/aromatic N) is 1. The van der Waals surface area contributed by atoms with Gasteiger partial charge in [-0.3, -0.25) is 9.69 Å². The van der Waals surface area contributed by atoms with Crippen LogP contribution in [0.15, 0.2) is 24.3 Å². The van der Waals surface area contributed by atoms with Gasteiger partial charge in [0.25, 0.3) is 5.91 Å². The van der Waals surface area contributed by atoms with E-state index in [4.69, 9.17) is 16.3 Å². The van der Waals surface area contributed by atoms with Gasteiger partial charge in [-0.15, -0.1) is 0 Å². The lowest BCUT2D eigenvalue weighted by Crippen LogP contribution is -3.15. The molecule has 2 rings (SSSR count). The third-order valence-corrected chi connectivity index (χ3v) is 4.21. The number of hydrogen-bond donors (Lipinski definition) is 2. The number of rotatable bonds is 5. The van der Waals surface area contributed by atoms with Crippen LogP contribution >= 0.6 is 11.6 Å². The predicted octanol–water partition coefficient (Wildman–Crippen LogP) is 0.313. The first kappa shape index (κ1) is 17.6. The van der Waals surface area contributed by atoms with Crippen LogP contribution in [-0.4, -0.2) is 56.2 Å². The fourth-order valence-electron chi connectivity index (χ4n) is 2.52. The van der Waals surface area contributed by atoms with E-state index in [0.29, 0.717) is 37.8 Å². The minimum Gasteiger partial charge on any atom is -0.450 e. The van der Waals surface area contributed by atoms with Gasteiger partial charge in [-0.25, -0.2) is 4.79 Å². The highest BCUT2D eigenvalue weighted by atomic mass is 35.5. The zero-order chi connectivity index (χ0) is 16.7. The summed E-state index contributed by atoms with van der Waals surface area (Å²) < 4.78 is 4.98. The molecule has 7 heteroatoms. The van der Waals surface area contributed by atoms with Crippen molar-refractivity contribution in [1.29, 1.82) is 0 Å². The number of halogens is 1. The quantitative estimate of drug-likeness (QED) is 0.811. The van der Waals surface area contributed by atoms with E-state index in [1.807, 2.05) is 24.3 Å². The average molecular weight is 341 g/mol. The van der Waals surface area contributed by atoms with E-state index in [0.717, 1.165) is 18.7 Å². The first-order valence-corrected chi connectivity index (χ1v) is 8.23. The Morgan fingerprint density at radius 1 is 1.30 bits per heavy atom. The average Bonchev–Trinajstić information content (AvgIpc) is 2.55. The summed E-state index contributed by atoms with van der Waals surface area (Å²) in [5.41, 5.74) is 0.907. The standard InChI is InChI=1S/C16H22ClN3O3/c1-2-23-16(22)20-9-7-19(8-10-20)12-15(21)18-11-13-5-3-4-6-14(13)17/h3-6H,2,7-12H2,1H3,(H,18,21)/p+1. The highest BCUT2D eigenvalue weighted by molar-refractivity contribution is 6.31. The largest absolute Gasteiger partial charge is 0.450 e. The van der Waals surface area contributed by atoms with Gasteiger partial charge in [0.1, 0.15) is 0 Å². The Morgan fingerprint density at radius 3 is 2.65 bits per heavy atom. The second-order valence-corrected chi connectivity index (χ2v) is 5.89. The van der Waals surface area contributed by atoms with Crippen molar-refractivity contribution in [2.75, 3.05) is 39.3 Å². The fourth-order valence-corrected chi connectivity index (χ4v) is 2.72. The van der Waals surface area contributed by atoms with Crippen LogP contribution in [0.5, 0.6) is 0 Å². The van der Waals surface area contributed by atoms with Crippen LogP contribution < -0.4 is 10.2 Å². The van der Waals surface area contributed by atoms with Gasteiger partial charge in [-0.1, -0.05) is 29.8 Å². The normalized spacial score (nSPS) is 15.3. The van der Waals surface area contributed by atoms with E-state index < -0.39 is 0 Å². The highest BCUT2D eigenvalue weighted by Crippen LogP contribution is 2.13. The van der Waals surface area contributed by atoms with Gasteiger partial charge in [0, 0.05) is 11.6 Å². The summed E-state index contributed by atoms with van der Waals surface area (Å²) >= 11 is 6.07. The number of amides is 2. The number of carbonyl (C=O) groups excluding carboxylic acids is 2. The number of ether oxygens (including phenoxy) is 1. The lowest BCUT2D eigenvalue weighted by molar-refractivity contribution is -0.896. The molecule has 1 fully saturated rings. The van der Waals surface area contributed by atoms with Crippen LogP contribution in [0.4, 0.5) is 4.79 Å². The Labute approximate surface area is 141 Å². The van der Waals surface area contributed by atoms with Crippen LogP contribution in [-0.2, 0) is 16.1 Å². The van der Waals surface area contributed by atoms with E-state index in [1.54, 1.807) is 11.8 Å². The Balaban J connectivity index is 1.71. The maximum absolute atomic E-state index is 12.0. The number of hydrogen-bond acceptors (Lipinski definition) is 3. The molecule has 1 saturated heterocycles. The molecule has 1 heterocycles. The number of nitrogens with one attached hydrogen (secondary N) is 2. The number of piperazine rings is 1. The molecule has 0 saturated carbocycles. The maximum Gasteiger partial charge on any atom is 0.410 e. The molecule has 6 nitrogen and oxygen atoms in total. The third kappa shape index (κ3) is 5.41. The molecule has 0 radical (unpaired) electrons. The molecule has 1 aromatic carbocycles. The lowest BCUT2D eigenvalue weighted by Gasteiger charge is -2.31. The Kier molecular flexibility index (Phi) is 6.67. The van der Waals surface area contributed by atoms with Crippen molar-refractivity contribution in [3.05, 3.63) is 34.9 Å². The first-order chi connectivity index (χ1) is 11.1. The smallest absolute Gasteiger partial charge is 0.410 e. The van der Waals surface area contributed by atoms with Crippen molar-refractivity contribution in [3.8, 4) is 0 Å². The molecule has 0 unspecified atom stereocenters. The van der Waals surface area contributed by atoms with Gasteiger partial charge in [0.05, 0.1) is 32.8 Å². The molecule has 2 amide bonds. The predicted molar refractivity (Wildman–Crippen MR) is 87.5 cm³/mol. The van der Waals surface area contributed by atoms with Crippen molar-refractivity contribution < 1.29 is 19.2 Å². The van der Waals surface area contributed by atoms with E-state index in [2.05, 4.69) is 5.32 Å². The van der Waals surface area contributed by atoms with Crippen molar-refractivity contribution in [1.82, 2.24) is 10.2 Å². The molecule has 0 atom stereocenters. The van der Waals surface area contributed by atoms with Crippen molar-refractivity contribution in [3.63, 3.8) is 0 Å². The molecule has 0 spiro atoms. The zero-order valence-corrected chi connectivity index (χ0v) is 14.1. The second kappa shape index (κ2) is 8.74. The minimum atomic E-state index is -0.269. The van der Waals surface area contributed by atoms with Crippen molar-refractivity contribution in [2.24, 2.45) is 0 Å². The molecule has 126 valence electrons. The Hall–Kier alpha value is -1.79. The van der Waals surface area contributed by atoms with Gasteiger partial charge in [-0.2, -0.15) is 0 Å². The van der Waals surface area contributed by atoms with Crippen LogP contribution in [0, 0.1) is 0 Å². The fraction of sp³-hybridized carbons (Fsp3) is 0.500. The molecule has 1 aliphatic heterocycles. The van der Waals surface area contributed by atoms with E-state index in [1.165, 1.54) is 4.90 Å². The molecule has 0 aromatic heterocycles. The van der Waals surface area contributed by atoms with Crippen molar-refractivity contribution in [2.45, 2.75) is 13.5 Å². The summed E-state index contributed by atoms with van der Waals surface area (Å²) in [7, 11) is 0. The molecular formula is C16H23ClN3O3+. The van der Waals surface area contributed by atoms with Gasteiger partial charge >= 0.3 is 6.09 Å². The zero-order valence-electron chi connectivity index (χ0n) is 13.3. The van der Waals surface area contributed by atoms with Gasteiger partial charge in [0.15, 0.2) is 6.54 Å². The molecule has 0 bridgehead atoms. The summed E-state index contributed by atoms with van der Waals surface area (Å²) in [6, 6.07) is 7.46. The van der Waals surface area contributed by atoms with Gasteiger partial charge in [-0.05, 0) is 18.6 Å². The number of quaternary nitrogens is 1. The number of benzene rings is 1. The molecule has 2 N–H and O–H groups in total. The lowest BCUT2D eigenvalue weighted by atomic mass is 10.2. The molecule has 1 aromatic rings. The van der Waals surface area contributed by atoms with Crippen molar-refractivity contribution >= 4 is 23.6 Å². The molecule has 1 aliphatic rings. The van der Waals surface area contributed by atoms with Crippen LogP contribution in [0.1, 0.15) is 12.5 Å². The van der Waals surface area contributed by atoms with Gasteiger partial charge in [0.2, 0.25) is 0 Å². The molecule has 23 heavy (non-hydrogen) atoms. The summed E-state index contributed by atoms with van der Waals surface area (Å²) in [5.74, 6) is -0.00972. The summed E-state index contributed by atoms with van der Waals surface area (Å²) in [4.78, 5) is 26.5. The first-order valence-electron chi connectivity index (χ1n) is 7.85. The van der Waals surface area contributed by atoms with Crippen LogP contribution in [0.25, 0.3) is 0 Å².